The van der Waals surface area contributed by atoms with E-state index in [4.69, 9.17) is 0 Å². The maximum absolute atomic E-state index is 12.4. The number of hydrogen-bond acceptors (Lipinski definition) is 4. The van der Waals surface area contributed by atoms with Crippen molar-refractivity contribution in [1.29, 1.82) is 0 Å². The van der Waals surface area contributed by atoms with Gasteiger partial charge in [0.2, 0.25) is 0 Å². The van der Waals surface area contributed by atoms with Gasteiger partial charge in [0.15, 0.2) is 0 Å². The van der Waals surface area contributed by atoms with Gasteiger partial charge in [0, 0.05) is 0 Å². The average Bonchev–Trinajstić information content (AvgIpc) is 2.56. The minimum Gasteiger partial charge on any atom is -0.200 e. The van der Waals surface area contributed by atoms with Gasteiger partial charge in [-0.05, 0) is 31.2 Å². The van der Waals surface area contributed by atoms with Crippen molar-refractivity contribution in [3.05, 3.63) is 54.1 Å². The van der Waals surface area contributed by atoms with Gasteiger partial charge in [0.05, 0.1) is 5.69 Å². The third-order valence-electron chi connectivity index (χ3n) is 3.09. The number of rotatable bonds is 1. The molecule has 0 atom stereocenters. The van der Waals surface area contributed by atoms with Crippen LogP contribution in [-0.2, 0) is 20.0 Å². The Labute approximate surface area is 117 Å². The molecule has 1 heterocycles. The number of benzene rings is 2. The second-order valence-electron chi connectivity index (χ2n) is 4.49. The Bertz CT molecular complexity index is 831. The summed E-state index contributed by atoms with van der Waals surface area (Å²) in [5.41, 5.74) is 1.03. The molecule has 0 spiro atoms. The van der Waals surface area contributed by atoms with Crippen molar-refractivity contribution in [2.24, 2.45) is 0 Å². The first-order valence-corrected chi connectivity index (χ1v) is 8.69. The molecule has 0 saturated heterocycles. The highest BCUT2D eigenvalue weighted by Gasteiger charge is 2.46. The normalized spacial score (nSPS) is 18.8. The molecule has 3 rings (SSSR count). The lowest BCUT2D eigenvalue weighted by Crippen LogP contribution is -2.29. The molecule has 2 aromatic rings. The Morgan fingerprint density at radius 1 is 0.750 bits per heavy atom. The molecule has 0 N–H and O–H groups in total. The molecule has 7 heteroatoms. The average molecular weight is 309 g/mol. The fraction of sp³-hybridized carbons (Fsp3) is 0.0769. The third kappa shape index (κ3) is 1.66. The van der Waals surface area contributed by atoms with E-state index >= 15 is 0 Å². The van der Waals surface area contributed by atoms with E-state index in [-0.39, 0.29) is 15.5 Å². The number of anilines is 1. The summed E-state index contributed by atoms with van der Waals surface area (Å²) in [4.78, 5) is -0.360. The first-order valence-electron chi connectivity index (χ1n) is 5.81. The van der Waals surface area contributed by atoms with E-state index in [0.29, 0.717) is 3.71 Å². The highest BCUT2D eigenvalue weighted by molar-refractivity contribution is 8.12. The van der Waals surface area contributed by atoms with Gasteiger partial charge in [-0.25, -0.2) is 0 Å². The molecule has 1 aliphatic heterocycles. The lowest BCUT2D eigenvalue weighted by Gasteiger charge is -2.16. The SMILES string of the molecule is Cc1ccc(N2S(=O)(=O)c3ccccc3S2(=O)=O)cc1. The number of aryl methyl sites for hydroxylation is 1. The monoisotopic (exact) mass is 309 g/mol. The Morgan fingerprint density at radius 3 is 1.65 bits per heavy atom. The summed E-state index contributed by atoms with van der Waals surface area (Å²) >= 11 is 0. The number of fused-ring (bicyclic) bond motifs is 1. The van der Waals surface area contributed by atoms with E-state index in [1.54, 1.807) is 12.1 Å². The zero-order valence-electron chi connectivity index (χ0n) is 10.5. The fourth-order valence-corrected chi connectivity index (χ4v) is 6.58. The summed E-state index contributed by atoms with van der Waals surface area (Å²) in [6, 6.07) is 11.9. The van der Waals surface area contributed by atoms with E-state index < -0.39 is 20.0 Å². The van der Waals surface area contributed by atoms with Crippen molar-refractivity contribution >= 4 is 25.7 Å². The molecule has 0 fully saturated rings. The standard InChI is InChI=1S/C13H11NO4S2/c1-10-6-8-11(9-7-10)14-19(15,16)12-4-2-3-5-13(12)20(14,17)18/h2-9H,1H3. The van der Waals surface area contributed by atoms with Gasteiger partial charge in [-0.3, -0.25) is 0 Å². The molecule has 0 amide bonds. The van der Waals surface area contributed by atoms with E-state index in [1.807, 2.05) is 6.92 Å². The summed E-state index contributed by atoms with van der Waals surface area (Å²) in [7, 11) is -8.15. The van der Waals surface area contributed by atoms with Gasteiger partial charge in [0.1, 0.15) is 9.79 Å². The zero-order chi connectivity index (χ0) is 14.5. The van der Waals surface area contributed by atoms with Crippen LogP contribution < -0.4 is 3.71 Å². The zero-order valence-corrected chi connectivity index (χ0v) is 12.1. The lowest BCUT2D eigenvalue weighted by atomic mass is 10.2. The summed E-state index contributed by atoms with van der Waals surface area (Å²) < 4.78 is 50.2. The second-order valence-corrected chi connectivity index (χ2v) is 8.23. The third-order valence-corrected chi connectivity index (χ3v) is 7.51. The Kier molecular flexibility index (Phi) is 2.67. The van der Waals surface area contributed by atoms with Crippen LogP contribution in [0.2, 0.25) is 0 Å². The van der Waals surface area contributed by atoms with Crippen LogP contribution in [0.5, 0.6) is 0 Å². The number of sulfonamides is 2. The van der Waals surface area contributed by atoms with E-state index in [1.165, 1.54) is 36.4 Å². The van der Waals surface area contributed by atoms with Crippen molar-refractivity contribution in [1.82, 2.24) is 0 Å². The highest BCUT2D eigenvalue weighted by Crippen LogP contribution is 2.39. The van der Waals surface area contributed by atoms with Crippen LogP contribution in [-0.4, -0.2) is 16.8 Å². The van der Waals surface area contributed by atoms with Crippen molar-refractivity contribution in [3.8, 4) is 0 Å². The first-order chi connectivity index (χ1) is 9.35. The van der Waals surface area contributed by atoms with Crippen LogP contribution in [0.25, 0.3) is 0 Å². The van der Waals surface area contributed by atoms with E-state index in [0.717, 1.165) is 5.56 Å². The van der Waals surface area contributed by atoms with Crippen molar-refractivity contribution in [2.45, 2.75) is 16.7 Å². The Hall–Kier alpha value is -1.86. The van der Waals surface area contributed by atoms with Gasteiger partial charge in [-0.1, -0.05) is 29.8 Å². The van der Waals surface area contributed by atoms with Gasteiger partial charge in [-0.15, -0.1) is 0 Å². The molecule has 5 nitrogen and oxygen atoms in total. The van der Waals surface area contributed by atoms with Gasteiger partial charge in [0.25, 0.3) is 20.0 Å². The maximum atomic E-state index is 12.4. The smallest absolute Gasteiger partial charge is 0.200 e. The molecular weight excluding hydrogens is 298 g/mol. The summed E-state index contributed by atoms with van der Waals surface area (Å²) in [5.74, 6) is 0. The van der Waals surface area contributed by atoms with Crippen LogP contribution in [0, 0.1) is 6.92 Å². The van der Waals surface area contributed by atoms with E-state index in [9.17, 15) is 16.8 Å². The summed E-state index contributed by atoms with van der Waals surface area (Å²) in [6.07, 6.45) is 0. The van der Waals surface area contributed by atoms with Crippen LogP contribution in [0.3, 0.4) is 0 Å². The minimum atomic E-state index is -4.07. The maximum Gasteiger partial charge on any atom is 0.279 e. The molecule has 0 unspecified atom stereocenters. The predicted molar refractivity (Wildman–Crippen MR) is 74.5 cm³/mol. The van der Waals surface area contributed by atoms with Gasteiger partial charge in [-0.2, -0.15) is 20.5 Å². The molecule has 0 bridgehead atoms. The summed E-state index contributed by atoms with van der Waals surface area (Å²) in [6.45, 7) is 1.84. The van der Waals surface area contributed by atoms with Crippen LogP contribution >= 0.6 is 0 Å². The molecule has 2 aromatic carbocycles. The fourth-order valence-electron chi connectivity index (χ4n) is 2.13. The number of nitrogens with zero attached hydrogens (tertiary/aromatic N) is 1. The molecule has 104 valence electrons. The lowest BCUT2D eigenvalue weighted by molar-refractivity contribution is 0.593. The van der Waals surface area contributed by atoms with Crippen LogP contribution in [0.15, 0.2) is 58.3 Å². The molecule has 1 aliphatic rings. The molecule has 0 aliphatic carbocycles. The van der Waals surface area contributed by atoms with Crippen molar-refractivity contribution in [2.75, 3.05) is 3.71 Å². The molecule has 0 aromatic heterocycles. The van der Waals surface area contributed by atoms with Gasteiger partial charge < -0.3 is 0 Å². The highest BCUT2D eigenvalue weighted by atomic mass is 32.3. The summed E-state index contributed by atoms with van der Waals surface area (Å²) in [5, 5.41) is 0. The van der Waals surface area contributed by atoms with Gasteiger partial charge >= 0.3 is 0 Å². The largest absolute Gasteiger partial charge is 0.279 e. The molecule has 20 heavy (non-hydrogen) atoms. The second kappa shape index (κ2) is 4.07. The van der Waals surface area contributed by atoms with Crippen LogP contribution in [0.4, 0.5) is 5.69 Å². The predicted octanol–water partition coefficient (Wildman–Crippen LogP) is 1.89. The van der Waals surface area contributed by atoms with E-state index in [2.05, 4.69) is 0 Å². The topological polar surface area (TPSA) is 71.5 Å². The number of hydrogen-bond donors (Lipinski definition) is 0. The van der Waals surface area contributed by atoms with Crippen molar-refractivity contribution < 1.29 is 16.8 Å². The first kappa shape index (κ1) is 13.1. The Balaban J connectivity index is 2.32. The molecular formula is C13H11NO4S2. The molecule has 0 radical (unpaired) electrons. The van der Waals surface area contributed by atoms with Crippen molar-refractivity contribution in [3.63, 3.8) is 0 Å². The van der Waals surface area contributed by atoms with Crippen LogP contribution in [0.1, 0.15) is 5.56 Å². The Morgan fingerprint density at radius 2 is 1.20 bits per heavy atom. The quantitative estimate of drug-likeness (QED) is 0.806. The molecule has 0 saturated carbocycles. The minimum absolute atomic E-state index is 0.117.